The van der Waals surface area contributed by atoms with Crippen LogP contribution in [0.5, 0.6) is 17.2 Å². The summed E-state index contributed by atoms with van der Waals surface area (Å²) in [5.41, 5.74) is 0.710. The number of aromatic nitrogens is 3. The first-order valence-corrected chi connectivity index (χ1v) is 9.60. The van der Waals surface area contributed by atoms with Gasteiger partial charge in [-0.1, -0.05) is 19.3 Å². The van der Waals surface area contributed by atoms with Crippen LogP contribution in [0, 0.1) is 4.77 Å². The Labute approximate surface area is 168 Å². The van der Waals surface area contributed by atoms with Crippen LogP contribution < -0.4 is 14.2 Å². The zero-order chi connectivity index (χ0) is 20.1. The topological polar surface area (TPSA) is 90.7 Å². The number of methoxy groups -OCH3 is 2. The van der Waals surface area contributed by atoms with E-state index in [9.17, 15) is 4.79 Å². The van der Waals surface area contributed by atoms with Gasteiger partial charge in [0.1, 0.15) is 0 Å². The largest absolute Gasteiger partial charge is 0.493 e. The fourth-order valence-corrected chi connectivity index (χ4v) is 3.57. The minimum atomic E-state index is -0.458. The van der Waals surface area contributed by atoms with Crippen LogP contribution in [0.2, 0.25) is 0 Å². The van der Waals surface area contributed by atoms with Crippen LogP contribution in [0.3, 0.4) is 0 Å². The summed E-state index contributed by atoms with van der Waals surface area (Å²) < 4.78 is 18.0. The van der Waals surface area contributed by atoms with Gasteiger partial charge in [-0.05, 0) is 37.2 Å². The number of carbonyl (C=O) groups is 1. The average Bonchev–Trinajstić information content (AvgIpc) is 3.07. The molecule has 8 nitrogen and oxygen atoms in total. The molecule has 1 heterocycles. The fraction of sp³-hybridized carbons (Fsp3) is 0.474. The molecule has 1 aliphatic carbocycles. The second-order valence-corrected chi connectivity index (χ2v) is 7.01. The highest BCUT2D eigenvalue weighted by Gasteiger charge is 2.21. The smallest absolute Gasteiger partial charge is 0.308 e. The Bertz CT molecular complexity index is 903. The van der Waals surface area contributed by atoms with E-state index in [1.807, 2.05) is 0 Å². The fourth-order valence-electron chi connectivity index (χ4n) is 3.38. The minimum Gasteiger partial charge on any atom is -0.493 e. The number of aromatic amines is 1. The molecule has 0 unspecified atom stereocenters. The molecule has 2 aromatic rings. The number of hydrogen-bond acceptors (Lipinski definition) is 7. The first-order chi connectivity index (χ1) is 13.5. The van der Waals surface area contributed by atoms with Gasteiger partial charge >= 0.3 is 5.97 Å². The Morgan fingerprint density at radius 2 is 1.89 bits per heavy atom. The Balaban J connectivity index is 1.93. The van der Waals surface area contributed by atoms with Gasteiger partial charge in [-0.25, -0.2) is 0 Å². The molecule has 3 rings (SSSR count). The summed E-state index contributed by atoms with van der Waals surface area (Å²) in [6.07, 6.45) is 7.49. The lowest BCUT2D eigenvalue weighted by Gasteiger charge is -2.19. The lowest BCUT2D eigenvalue weighted by atomic mass is 9.89. The zero-order valence-corrected chi connectivity index (χ0v) is 17.0. The summed E-state index contributed by atoms with van der Waals surface area (Å²) in [4.78, 5) is 11.4. The molecule has 1 saturated carbocycles. The van der Waals surface area contributed by atoms with Gasteiger partial charge in [-0.15, -0.1) is 0 Å². The molecular formula is C19H24N4O4S. The molecule has 1 aromatic carbocycles. The number of esters is 1. The molecular weight excluding hydrogens is 380 g/mol. The van der Waals surface area contributed by atoms with Crippen LogP contribution in [0.4, 0.5) is 0 Å². The van der Waals surface area contributed by atoms with Crippen molar-refractivity contribution < 1.29 is 19.0 Å². The molecule has 0 atom stereocenters. The van der Waals surface area contributed by atoms with Crippen molar-refractivity contribution in [1.82, 2.24) is 14.9 Å². The third kappa shape index (κ3) is 4.41. The lowest BCUT2D eigenvalue weighted by Crippen LogP contribution is -2.10. The van der Waals surface area contributed by atoms with E-state index in [0.717, 1.165) is 18.7 Å². The van der Waals surface area contributed by atoms with Crippen molar-refractivity contribution in [2.24, 2.45) is 5.10 Å². The maximum atomic E-state index is 11.4. The van der Waals surface area contributed by atoms with Crippen molar-refractivity contribution in [1.29, 1.82) is 0 Å². The van der Waals surface area contributed by atoms with Gasteiger partial charge in [0, 0.05) is 18.4 Å². The van der Waals surface area contributed by atoms with Gasteiger partial charge in [0.05, 0.1) is 20.4 Å². The normalized spacial score (nSPS) is 15.0. The van der Waals surface area contributed by atoms with Crippen molar-refractivity contribution in [2.75, 3.05) is 14.2 Å². The van der Waals surface area contributed by atoms with E-state index in [-0.39, 0.29) is 5.75 Å². The van der Waals surface area contributed by atoms with E-state index in [1.54, 1.807) is 23.0 Å². The number of ether oxygens (including phenoxy) is 3. The van der Waals surface area contributed by atoms with Crippen molar-refractivity contribution >= 4 is 24.4 Å². The molecule has 1 aromatic heterocycles. The van der Waals surface area contributed by atoms with Crippen LogP contribution in [-0.4, -0.2) is 41.3 Å². The van der Waals surface area contributed by atoms with E-state index in [0.29, 0.717) is 27.8 Å². The number of rotatable bonds is 6. The number of benzene rings is 1. The standard InChI is InChI=1S/C19H24N4O4S/c1-12(24)27-17-15(25-2)9-13(10-16(17)26-3)11-20-23-18(21-22-19(23)28)14-7-5-4-6-8-14/h9-11,14H,4-8H2,1-3H3,(H,22,28)/b20-11-. The molecule has 0 aliphatic heterocycles. The first kappa shape index (κ1) is 20.1. The number of carbonyl (C=O) groups excluding carboxylic acids is 1. The molecule has 0 saturated heterocycles. The summed E-state index contributed by atoms with van der Waals surface area (Å²) >= 11 is 5.35. The maximum absolute atomic E-state index is 11.4. The third-order valence-corrected chi connectivity index (χ3v) is 4.96. The molecule has 1 fully saturated rings. The highest BCUT2D eigenvalue weighted by molar-refractivity contribution is 7.71. The summed E-state index contributed by atoms with van der Waals surface area (Å²) in [5.74, 6) is 1.74. The molecule has 1 aliphatic rings. The molecule has 0 radical (unpaired) electrons. The monoisotopic (exact) mass is 404 g/mol. The number of H-pyrrole nitrogens is 1. The molecule has 1 N–H and O–H groups in total. The molecule has 150 valence electrons. The Morgan fingerprint density at radius 1 is 1.25 bits per heavy atom. The third-order valence-electron chi connectivity index (χ3n) is 4.70. The minimum absolute atomic E-state index is 0.234. The van der Waals surface area contributed by atoms with Crippen LogP contribution in [0.1, 0.15) is 56.3 Å². The maximum Gasteiger partial charge on any atom is 0.308 e. The molecule has 9 heteroatoms. The van der Waals surface area contributed by atoms with Crippen LogP contribution >= 0.6 is 12.2 Å². The summed E-state index contributed by atoms with van der Waals surface area (Å²) in [6, 6.07) is 3.43. The van der Waals surface area contributed by atoms with Crippen LogP contribution in [0.15, 0.2) is 17.2 Å². The van der Waals surface area contributed by atoms with E-state index >= 15 is 0 Å². The Kier molecular flexibility index (Phi) is 6.45. The summed E-state index contributed by atoms with van der Waals surface area (Å²) in [7, 11) is 2.99. The molecule has 0 spiro atoms. The van der Waals surface area contributed by atoms with Gasteiger partial charge in [0.2, 0.25) is 10.5 Å². The summed E-state index contributed by atoms with van der Waals surface area (Å²) in [6.45, 7) is 1.32. The second-order valence-electron chi connectivity index (χ2n) is 6.63. The van der Waals surface area contributed by atoms with Crippen molar-refractivity contribution in [3.05, 3.63) is 28.3 Å². The number of nitrogens with zero attached hydrogens (tertiary/aromatic N) is 3. The summed E-state index contributed by atoms with van der Waals surface area (Å²) in [5, 5.41) is 11.8. The molecule has 0 amide bonds. The predicted molar refractivity (Wildman–Crippen MR) is 107 cm³/mol. The van der Waals surface area contributed by atoms with E-state index in [4.69, 9.17) is 26.4 Å². The van der Waals surface area contributed by atoms with Gasteiger partial charge in [-0.2, -0.15) is 14.9 Å². The highest BCUT2D eigenvalue weighted by atomic mass is 32.1. The van der Waals surface area contributed by atoms with Crippen molar-refractivity contribution in [2.45, 2.75) is 44.9 Å². The Morgan fingerprint density at radius 3 is 2.46 bits per heavy atom. The number of nitrogens with one attached hydrogen (secondary N) is 1. The molecule has 28 heavy (non-hydrogen) atoms. The van der Waals surface area contributed by atoms with Crippen LogP contribution in [-0.2, 0) is 4.79 Å². The van der Waals surface area contributed by atoms with E-state index < -0.39 is 5.97 Å². The van der Waals surface area contributed by atoms with E-state index in [2.05, 4.69) is 15.3 Å². The van der Waals surface area contributed by atoms with Crippen molar-refractivity contribution in [3.8, 4) is 17.2 Å². The second kappa shape index (κ2) is 9.01. The van der Waals surface area contributed by atoms with Gasteiger partial charge < -0.3 is 14.2 Å². The lowest BCUT2D eigenvalue weighted by molar-refractivity contribution is -0.132. The van der Waals surface area contributed by atoms with Gasteiger partial charge in [0.15, 0.2) is 17.3 Å². The highest BCUT2D eigenvalue weighted by Crippen LogP contribution is 2.38. The van der Waals surface area contributed by atoms with Crippen LogP contribution in [0.25, 0.3) is 0 Å². The number of hydrogen-bond donors (Lipinski definition) is 1. The van der Waals surface area contributed by atoms with Gasteiger partial charge in [-0.3, -0.25) is 9.89 Å². The van der Waals surface area contributed by atoms with Gasteiger partial charge in [0.25, 0.3) is 0 Å². The Hall–Kier alpha value is -2.68. The van der Waals surface area contributed by atoms with Crippen molar-refractivity contribution in [3.63, 3.8) is 0 Å². The molecule has 0 bridgehead atoms. The van der Waals surface area contributed by atoms with E-state index in [1.165, 1.54) is 40.4 Å². The first-order valence-electron chi connectivity index (χ1n) is 9.19. The predicted octanol–water partition coefficient (Wildman–Crippen LogP) is 3.81. The SMILES string of the molecule is COc1cc(/C=N\n2c(C3CCCCC3)n[nH]c2=S)cc(OC)c1OC(C)=O. The zero-order valence-electron chi connectivity index (χ0n) is 16.2. The quantitative estimate of drug-likeness (QED) is 0.341. The average molecular weight is 404 g/mol.